The fourth-order valence-corrected chi connectivity index (χ4v) is 4.14. The third-order valence-electron chi connectivity index (χ3n) is 5.76. The molecule has 0 bridgehead atoms. The van der Waals surface area contributed by atoms with Gasteiger partial charge in [0.25, 0.3) is 5.91 Å². The summed E-state index contributed by atoms with van der Waals surface area (Å²) in [6, 6.07) is 8.06. The van der Waals surface area contributed by atoms with Crippen molar-refractivity contribution in [2.24, 2.45) is 0 Å². The monoisotopic (exact) mass is 380 g/mol. The van der Waals surface area contributed by atoms with Crippen LogP contribution in [0, 0.1) is 0 Å². The molecule has 148 valence electrons. The molecule has 1 unspecified atom stereocenters. The summed E-state index contributed by atoms with van der Waals surface area (Å²) in [6.07, 6.45) is 7.91. The van der Waals surface area contributed by atoms with Crippen molar-refractivity contribution < 1.29 is 4.79 Å². The fourth-order valence-electron chi connectivity index (χ4n) is 4.14. The lowest BCUT2D eigenvalue weighted by Gasteiger charge is -2.36. The highest BCUT2D eigenvalue weighted by atomic mass is 16.2. The van der Waals surface area contributed by atoms with Crippen LogP contribution in [0.3, 0.4) is 0 Å². The van der Waals surface area contributed by atoms with Gasteiger partial charge in [-0.1, -0.05) is 13.0 Å². The minimum Gasteiger partial charge on any atom is -0.353 e. The lowest BCUT2D eigenvalue weighted by molar-refractivity contribution is 0.0602. The zero-order valence-corrected chi connectivity index (χ0v) is 16.5. The Balaban J connectivity index is 1.43. The summed E-state index contributed by atoms with van der Waals surface area (Å²) in [6.45, 7) is 6.35. The van der Waals surface area contributed by atoms with Gasteiger partial charge in [0.05, 0.1) is 0 Å². The molecule has 7 nitrogen and oxygen atoms in total. The molecule has 7 heteroatoms. The molecule has 0 saturated carbocycles. The van der Waals surface area contributed by atoms with Gasteiger partial charge in [0, 0.05) is 51.2 Å². The van der Waals surface area contributed by atoms with Crippen molar-refractivity contribution in [3.8, 4) is 0 Å². The van der Waals surface area contributed by atoms with E-state index >= 15 is 0 Å². The van der Waals surface area contributed by atoms with Gasteiger partial charge in [-0.25, -0.2) is 15.0 Å². The molecule has 2 saturated heterocycles. The minimum absolute atomic E-state index is 0.0438. The molecule has 2 aromatic heterocycles. The molecule has 4 rings (SSSR count). The van der Waals surface area contributed by atoms with Gasteiger partial charge in [0.1, 0.15) is 11.5 Å². The number of likely N-dealkylation sites (tertiary alicyclic amines) is 1. The van der Waals surface area contributed by atoms with E-state index < -0.39 is 0 Å². The standard InChI is InChI=1S/C21H28N6O/c1-2-17-7-4-6-12-27(17)20(28)18-9-11-23-21(24-18)26-15-13-25(14-16-26)19-8-3-5-10-22-19/h3,5,8-11,17H,2,4,6-7,12-16H2,1H3. The number of hydrogen-bond acceptors (Lipinski definition) is 6. The highest BCUT2D eigenvalue weighted by Crippen LogP contribution is 2.22. The largest absolute Gasteiger partial charge is 0.353 e. The number of carbonyl (C=O) groups is 1. The van der Waals surface area contributed by atoms with E-state index in [1.165, 1.54) is 6.42 Å². The maximum atomic E-state index is 13.0. The lowest BCUT2D eigenvalue weighted by atomic mass is 9.99. The quantitative estimate of drug-likeness (QED) is 0.812. The molecule has 0 radical (unpaired) electrons. The molecule has 4 heterocycles. The first-order valence-corrected chi connectivity index (χ1v) is 10.3. The SMILES string of the molecule is CCC1CCCCN1C(=O)c1ccnc(N2CCN(c3ccccn3)CC2)n1. The number of piperazine rings is 1. The van der Waals surface area contributed by atoms with E-state index in [1.54, 1.807) is 12.3 Å². The van der Waals surface area contributed by atoms with Crippen molar-refractivity contribution in [3.05, 3.63) is 42.4 Å². The number of anilines is 2. The molecule has 1 amide bonds. The summed E-state index contributed by atoms with van der Waals surface area (Å²) in [7, 11) is 0. The van der Waals surface area contributed by atoms with Crippen LogP contribution >= 0.6 is 0 Å². The highest BCUT2D eigenvalue weighted by Gasteiger charge is 2.28. The Labute approximate surface area is 166 Å². The zero-order valence-electron chi connectivity index (χ0n) is 16.5. The van der Waals surface area contributed by atoms with Crippen molar-refractivity contribution >= 4 is 17.7 Å². The highest BCUT2D eigenvalue weighted by molar-refractivity contribution is 5.92. The average Bonchev–Trinajstić information content (AvgIpc) is 2.79. The maximum Gasteiger partial charge on any atom is 0.272 e. The molecule has 2 aromatic rings. The van der Waals surface area contributed by atoms with Gasteiger partial charge in [-0.15, -0.1) is 0 Å². The first-order valence-electron chi connectivity index (χ1n) is 10.3. The van der Waals surface area contributed by atoms with Gasteiger partial charge < -0.3 is 14.7 Å². The second-order valence-electron chi connectivity index (χ2n) is 7.46. The van der Waals surface area contributed by atoms with Crippen LogP contribution in [-0.4, -0.2) is 64.5 Å². The summed E-state index contributed by atoms with van der Waals surface area (Å²) in [5.74, 6) is 1.70. The topological polar surface area (TPSA) is 65.5 Å². The summed E-state index contributed by atoms with van der Waals surface area (Å²) in [4.78, 5) is 33.0. The Bertz CT molecular complexity index is 790. The van der Waals surface area contributed by atoms with Gasteiger partial charge in [0.15, 0.2) is 0 Å². The summed E-state index contributed by atoms with van der Waals surface area (Å²) in [5.41, 5.74) is 0.512. The number of nitrogens with zero attached hydrogens (tertiary/aromatic N) is 6. The molecule has 0 aliphatic carbocycles. The molecule has 0 N–H and O–H groups in total. The van der Waals surface area contributed by atoms with Crippen LogP contribution in [0.5, 0.6) is 0 Å². The summed E-state index contributed by atoms with van der Waals surface area (Å²) >= 11 is 0. The van der Waals surface area contributed by atoms with Gasteiger partial charge >= 0.3 is 0 Å². The van der Waals surface area contributed by atoms with E-state index in [-0.39, 0.29) is 5.91 Å². The smallest absolute Gasteiger partial charge is 0.272 e. The Morgan fingerprint density at radius 2 is 1.82 bits per heavy atom. The Morgan fingerprint density at radius 3 is 2.57 bits per heavy atom. The number of pyridine rings is 1. The van der Waals surface area contributed by atoms with Crippen LogP contribution in [0.15, 0.2) is 36.7 Å². The summed E-state index contributed by atoms with van der Waals surface area (Å²) in [5, 5.41) is 0. The number of rotatable bonds is 4. The first-order chi connectivity index (χ1) is 13.8. The second kappa shape index (κ2) is 8.54. The van der Waals surface area contributed by atoms with E-state index in [2.05, 4.69) is 31.7 Å². The van der Waals surface area contributed by atoms with Gasteiger partial charge in [-0.05, 0) is 43.9 Å². The number of hydrogen-bond donors (Lipinski definition) is 0. The third-order valence-corrected chi connectivity index (χ3v) is 5.76. The van der Waals surface area contributed by atoms with Crippen molar-refractivity contribution in [1.29, 1.82) is 0 Å². The zero-order chi connectivity index (χ0) is 19.3. The number of amides is 1. The molecule has 2 aliphatic rings. The molecule has 2 fully saturated rings. The van der Waals surface area contributed by atoms with Gasteiger partial charge in [0.2, 0.25) is 5.95 Å². The number of aromatic nitrogens is 3. The second-order valence-corrected chi connectivity index (χ2v) is 7.46. The fraction of sp³-hybridized carbons (Fsp3) is 0.524. The van der Waals surface area contributed by atoms with Crippen LogP contribution in [0.25, 0.3) is 0 Å². The van der Waals surface area contributed by atoms with Gasteiger partial charge in [-0.2, -0.15) is 0 Å². The van der Waals surface area contributed by atoms with Crippen molar-refractivity contribution in [1.82, 2.24) is 19.9 Å². The minimum atomic E-state index is 0.0438. The molecular formula is C21H28N6O. The molecule has 1 atom stereocenters. The van der Waals surface area contributed by atoms with E-state index in [4.69, 9.17) is 0 Å². The van der Waals surface area contributed by atoms with Crippen molar-refractivity contribution in [2.75, 3.05) is 42.5 Å². The number of carbonyl (C=O) groups excluding carboxylic acids is 1. The Kier molecular flexibility index (Phi) is 5.69. The van der Waals surface area contributed by atoms with Crippen LogP contribution in [-0.2, 0) is 0 Å². The molecule has 28 heavy (non-hydrogen) atoms. The predicted octanol–water partition coefficient (Wildman–Crippen LogP) is 2.60. The summed E-state index contributed by atoms with van der Waals surface area (Å²) < 4.78 is 0. The maximum absolute atomic E-state index is 13.0. The van der Waals surface area contributed by atoms with Crippen LogP contribution in [0.2, 0.25) is 0 Å². The molecule has 0 spiro atoms. The van der Waals surface area contributed by atoms with E-state index in [1.807, 2.05) is 29.3 Å². The van der Waals surface area contributed by atoms with Gasteiger partial charge in [-0.3, -0.25) is 4.79 Å². The van der Waals surface area contributed by atoms with E-state index in [0.717, 1.165) is 57.8 Å². The predicted molar refractivity (Wildman–Crippen MR) is 110 cm³/mol. The molecule has 0 aromatic carbocycles. The number of piperidine rings is 1. The van der Waals surface area contributed by atoms with Crippen molar-refractivity contribution in [3.63, 3.8) is 0 Å². The normalized spacial score (nSPS) is 20.3. The third kappa shape index (κ3) is 3.93. The first kappa shape index (κ1) is 18.7. The Hall–Kier alpha value is -2.70. The molecule has 2 aliphatic heterocycles. The van der Waals surface area contributed by atoms with Crippen LogP contribution in [0.4, 0.5) is 11.8 Å². The van der Waals surface area contributed by atoms with E-state index in [9.17, 15) is 4.79 Å². The van der Waals surface area contributed by atoms with E-state index in [0.29, 0.717) is 17.7 Å². The lowest BCUT2D eigenvalue weighted by Crippen LogP contribution is -2.47. The van der Waals surface area contributed by atoms with Crippen molar-refractivity contribution in [2.45, 2.75) is 38.6 Å². The Morgan fingerprint density at radius 1 is 1.00 bits per heavy atom. The average molecular weight is 380 g/mol. The van der Waals surface area contributed by atoms with Crippen LogP contribution in [0.1, 0.15) is 43.1 Å². The van der Waals surface area contributed by atoms with Crippen LogP contribution < -0.4 is 9.80 Å². The molecular weight excluding hydrogens is 352 g/mol.